The molecule has 0 atom stereocenters. The molecule has 1 heterocycles. The summed E-state index contributed by atoms with van der Waals surface area (Å²) in [7, 11) is 0. The molecule has 78 valence electrons. The third-order valence-electron chi connectivity index (χ3n) is 2.23. The maximum absolute atomic E-state index is 10.0. The molecule has 0 saturated carbocycles. The van der Waals surface area contributed by atoms with Crippen LogP contribution in [0, 0.1) is 0 Å². The van der Waals surface area contributed by atoms with Crippen molar-refractivity contribution in [3.8, 4) is 5.69 Å². The van der Waals surface area contributed by atoms with Gasteiger partial charge >= 0.3 is 0 Å². The normalized spacial score (nSPS) is 11.7. The molecule has 15 heavy (non-hydrogen) atoms. The van der Waals surface area contributed by atoms with Gasteiger partial charge in [0.05, 0.1) is 23.7 Å². The van der Waals surface area contributed by atoms with Crippen LogP contribution in [0.25, 0.3) is 5.69 Å². The molecule has 4 heteroatoms. The molecule has 0 radical (unpaired) electrons. The molecular formula is C11H13N3O. The highest BCUT2D eigenvalue weighted by atomic mass is 16.3. The number of hydrogen-bond donors (Lipinski definition) is 1. The van der Waals surface area contributed by atoms with Crippen LogP contribution in [0.4, 0.5) is 0 Å². The van der Waals surface area contributed by atoms with Crippen LogP contribution in [0.2, 0.25) is 0 Å². The van der Waals surface area contributed by atoms with Gasteiger partial charge in [-0.3, -0.25) is 0 Å². The summed E-state index contributed by atoms with van der Waals surface area (Å²) >= 11 is 0. The van der Waals surface area contributed by atoms with Gasteiger partial charge in [0.2, 0.25) is 0 Å². The van der Waals surface area contributed by atoms with Crippen molar-refractivity contribution in [2.75, 3.05) is 0 Å². The SMILES string of the molecule is CC(C)(O)c1ccccc1-n1ccnn1. The van der Waals surface area contributed by atoms with E-state index in [-0.39, 0.29) is 0 Å². The fourth-order valence-corrected chi connectivity index (χ4v) is 1.53. The van der Waals surface area contributed by atoms with E-state index in [9.17, 15) is 5.11 Å². The Bertz CT molecular complexity index is 443. The first kappa shape index (κ1) is 9.86. The molecule has 1 aromatic carbocycles. The van der Waals surface area contributed by atoms with Gasteiger partial charge in [0.25, 0.3) is 0 Å². The van der Waals surface area contributed by atoms with Crippen LogP contribution < -0.4 is 0 Å². The van der Waals surface area contributed by atoms with Gasteiger partial charge in [-0.05, 0) is 19.9 Å². The molecule has 1 N–H and O–H groups in total. The third kappa shape index (κ3) is 1.89. The topological polar surface area (TPSA) is 50.9 Å². The number of hydrogen-bond acceptors (Lipinski definition) is 3. The number of benzene rings is 1. The van der Waals surface area contributed by atoms with E-state index in [1.54, 1.807) is 30.9 Å². The predicted molar refractivity (Wildman–Crippen MR) is 56.6 cm³/mol. The summed E-state index contributed by atoms with van der Waals surface area (Å²) in [6.07, 6.45) is 3.37. The fraction of sp³-hybridized carbons (Fsp3) is 0.273. The van der Waals surface area contributed by atoms with Crippen molar-refractivity contribution < 1.29 is 5.11 Å². The van der Waals surface area contributed by atoms with E-state index in [2.05, 4.69) is 10.3 Å². The maximum atomic E-state index is 10.0. The first-order chi connectivity index (χ1) is 7.09. The summed E-state index contributed by atoms with van der Waals surface area (Å²) in [5, 5.41) is 17.7. The second-order valence-corrected chi connectivity index (χ2v) is 3.92. The number of aromatic nitrogens is 3. The quantitative estimate of drug-likeness (QED) is 0.804. The molecule has 2 aromatic rings. The van der Waals surface area contributed by atoms with Crippen molar-refractivity contribution in [2.24, 2.45) is 0 Å². The van der Waals surface area contributed by atoms with Crippen molar-refractivity contribution in [1.29, 1.82) is 0 Å². The van der Waals surface area contributed by atoms with Gasteiger partial charge in [-0.1, -0.05) is 23.4 Å². The van der Waals surface area contributed by atoms with Gasteiger partial charge in [-0.25, -0.2) is 4.68 Å². The van der Waals surface area contributed by atoms with Crippen molar-refractivity contribution in [1.82, 2.24) is 15.0 Å². The van der Waals surface area contributed by atoms with Crippen LogP contribution in [0.3, 0.4) is 0 Å². The molecule has 2 rings (SSSR count). The maximum Gasteiger partial charge on any atom is 0.0861 e. The van der Waals surface area contributed by atoms with Gasteiger partial charge in [-0.2, -0.15) is 0 Å². The molecule has 0 fully saturated rings. The van der Waals surface area contributed by atoms with Crippen molar-refractivity contribution in [2.45, 2.75) is 19.4 Å². The second kappa shape index (κ2) is 3.47. The Morgan fingerprint density at radius 3 is 2.60 bits per heavy atom. The Labute approximate surface area is 88.2 Å². The third-order valence-corrected chi connectivity index (χ3v) is 2.23. The van der Waals surface area contributed by atoms with Crippen molar-refractivity contribution in [3.05, 3.63) is 42.2 Å². The summed E-state index contributed by atoms with van der Waals surface area (Å²) in [4.78, 5) is 0. The summed E-state index contributed by atoms with van der Waals surface area (Å²) in [5.74, 6) is 0. The summed E-state index contributed by atoms with van der Waals surface area (Å²) in [6.45, 7) is 3.51. The Hall–Kier alpha value is -1.68. The molecule has 1 aromatic heterocycles. The number of nitrogens with zero attached hydrogens (tertiary/aromatic N) is 3. The van der Waals surface area contributed by atoms with Crippen LogP contribution >= 0.6 is 0 Å². The van der Waals surface area contributed by atoms with Gasteiger partial charge in [0.15, 0.2) is 0 Å². The van der Waals surface area contributed by atoms with E-state index < -0.39 is 5.60 Å². The van der Waals surface area contributed by atoms with E-state index in [4.69, 9.17) is 0 Å². The second-order valence-electron chi connectivity index (χ2n) is 3.92. The number of rotatable bonds is 2. The fourth-order valence-electron chi connectivity index (χ4n) is 1.53. The zero-order chi connectivity index (χ0) is 10.9. The lowest BCUT2D eigenvalue weighted by atomic mass is 9.96. The van der Waals surface area contributed by atoms with Gasteiger partial charge in [0.1, 0.15) is 0 Å². The molecule has 0 amide bonds. The predicted octanol–water partition coefficient (Wildman–Crippen LogP) is 1.49. The van der Waals surface area contributed by atoms with E-state index in [0.29, 0.717) is 0 Å². The Balaban J connectivity index is 2.58. The summed E-state index contributed by atoms with van der Waals surface area (Å²) in [5.41, 5.74) is 0.792. The van der Waals surface area contributed by atoms with Crippen LogP contribution in [0.5, 0.6) is 0 Å². The smallest absolute Gasteiger partial charge is 0.0861 e. The molecule has 0 spiro atoms. The molecule has 0 aliphatic heterocycles. The first-order valence-corrected chi connectivity index (χ1v) is 4.77. The van der Waals surface area contributed by atoms with E-state index in [0.717, 1.165) is 11.3 Å². The molecule has 0 bridgehead atoms. The minimum atomic E-state index is -0.886. The lowest BCUT2D eigenvalue weighted by molar-refractivity contribution is 0.0784. The molecule has 0 unspecified atom stereocenters. The van der Waals surface area contributed by atoms with Crippen LogP contribution in [0.1, 0.15) is 19.4 Å². The Morgan fingerprint density at radius 2 is 2.00 bits per heavy atom. The Morgan fingerprint density at radius 1 is 1.27 bits per heavy atom. The van der Waals surface area contributed by atoms with Gasteiger partial charge < -0.3 is 5.11 Å². The van der Waals surface area contributed by atoms with E-state index in [1.807, 2.05) is 24.3 Å². The zero-order valence-corrected chi connectivity index (χ0v) is 8.75. The van der Waals surface area contributed by atoms with Gasteiger partial charge in [-0.15, -0.1) is 5.10 Å². The largest absolute Gasteiger partial charge is 0.386 e. The van der Waals surface area contributed by atoms with Crippen LogP contribution in [-0.4, -0.2) is 20.1 Å². The monoisotopic (exact) mass is 203 g/mol. The van der Waals surface area contributed by atoms with Crippen molar-refractivity contribution >= 4 is 0 Å². The van der Waals surface area contributed by atoms with E-state index >= 15 is 0 Å². The zero-order valence-electron chi connectivity index (χ0n) is 8.75. The molecule has 4 nitrogen and oxygen atoms in total. The highest BCUT2D eigenvalue weighted by Gasteiger charge is 2.20. The van der Waals surface area contributed by atoms with E-state index in [1.165, 1.54) is 0 Å². The average molecular weight is 203 g/mol. The number of para-hydroxylation sites is 1. The first-order valence-electron chi connectivity index (χ1n) is 4.77. The molecule has 0 saturated heterocycles. The summed E-state index contributed by atoms with van der Waals surface area (Å²) < 4.78 is 1.65. The minimum absolute atomic E-state index is 0.829. The van der Waals surface area contributed by atoms with Crippen LogP contribution in [-0.2, 0) is 5.60 Å². The van der Waals surface area contributed by atoms with Crippen LogP contribution in [0.15, 0.2) is 36.7 Å². The summed E-state index contributed by atoms with van der Waals surface area (Å²) in [6, 6.07) is 7.60. The lowest BCUT2D eigenvalue weighted by Gasteiger charge is -2.20. The molecule has 0 aliphatic rings. The van der Waals surface area contributed by atoms with Gasteiger partial charge in [0, 0.05) is 5.56 Å². The number of aliphatic hydroxyl groups is 1. The van der Waals surface area contributed by atoms with Crippen molar-refractivity contribution in [3.63, 3.8) is 0 Å². The standard InChI is InChI=1S/C11H13N3O/c1-11(2,15)9-5-3-4-6-10(9)14-8-7-12-13-14/h3-8,15H,1-2H3. The Kier molecular flexibility index (Phi) is 2.28. The highest BCUT2D eigenvalue weighted by Crippen LogP contribution is 2.25. The highest BCUT2D eigenvalue weighted by molar-refractivity contribution is 5.42. The molecule has 0 aliphatic carbocycles. The lowest BCUT2D eigenvalue weighted by Crippen LogP contribution is -2.18. The average Bonchev–Trinajstić information content (AvgIpc) is 2.69. The minimum Gasteiger partial charge on any atom is -0.386 e. The molecular weight excluding hydrogens is 190 g/mol.